The second kappa shape index (κ2) is 10.4. The van der Waals surface area contributed by atoms with E-state index in [1.165, 1.54) is 18.4 Å². The summed E-state index contributed by atoms with van der Waals surface area (Å²) in [5.41, 5.74) is 2.82. The fourth-order valence-electron chi connectivity index (χ4n) is 2.74. The van der Waals surface area contributed by atoms with Crippen LogP contribution in [0.1, 0.15) is 43.7 Å². The Bertz CT molecular complexity index is 728. The summed E-state index contributed by atoms with van der Waals surface area (Å²) in [6, 6.07) is 8.08. The van der Waals surface area contributed by atoms with Gasteiger partial charge >= 0.3 is 0 Å². The summed E-state index contributed by atoms with van der Waals surface area (Å²) >= 11 is 1.67. The lowest BCUT2D eigenvalue weighted by molar-refractivity contribution is 0.192. The van der Waals surface area contributed by atoms with E-state index in [2.05, 4.69) is 18.0 Å². The van der Waals surface area contributed by atoms with Crippen LogP contribution < -0.4 is 5.56 Å². The van der Waals surface area contributed by atoms with Crippen molar-refractivity contribution in [2.75, 3.05) is 19.5 Å². The molecule has 0 amide bonds. The molecule has 0 spiro atoms. The lowest BCUT2D eigenvalue weighted by atomic mass is 10.1. The predicted molar refractivity (Wildman–Crippen MR) is 105 cm³/mol. The number of para-hydroxylation sites is 1. The van der Waals surface area contributed by atoms with E-state index in [1.54, 1.807) is 29.6 Å². The third kappa shape index (κ3) is 5.44. The maximum atomic E-state index is 12.8. The molecule has 0 aliphatic heterocycles. The van der Waals surface area contributed by atoms with Crippen LogP contribution in [0.3, 0.4) is 0 Å². The molecule has 0 saturated heterocycles. The van der Waals surface area contributed by atoms with Crippen LogP contribution in [0.4, 0.5) is 0 Å². The van der Waals surface area contributed by atoms with Crippen molar-refractivity contribution < 1.29 is 4.74 Å². The second-order valence-electron chi connectivity index (χ2n) is 6.10. The Hall–Kier alpha value is -1.59. The molecule has 0 radical (unpaired) electrons. The standard InChI is InChI=1S/C20H28N2O2S/c1-4-17-11-7-8-12-18(17)22-19(23)16(2)15-21-20(22)25-14-10-6-5-9-13-24-3/h7-8,11-12,15H,4-6,9-10,13-14H2,1-3H3. The summed E-state index contributed by atoms with van der Waals surface area (Å²) in [6.07, 6.45) is 7.17. The molecular formula is C20H28N2O2S. The molecule has 25 heavy (non-hydrogen) atoms. The van der Waals surface area contributed by atoms with Crippen molar-refractivity contribution in [2.45, 2.75) is 51.1 Å². The number of benzene rings is 1. The highest BCUT2D eigenvalue weighted by atomic mass is 32.2. The maximum absolute atomic E-state index is 12.8. The van der Waals surface area contributed by atoms with Gasteiger partial charge in [-0.3, -0.25) is 9.36 Å². The van der Waals surface area contributed by atoms with Gasteiger partial charge in [0.15, 0.2) is 5.16 Å². The third-order valence-corrected chi connectivity index (χ3v) is 5.23. The number of thioether (sulfide) groups is 1. The Labute approximate surface area is 154 Å². The van der Waals surface area contributed by atoms with Crippen molar-refractivity contribution in [1.29, 1.82) is 0 Å². The van der Waals surface area contributed by atoms with Crippen LogP contribution in [0.5, 0.6) is 0 Å². The van der Waals surface area contributed by atoms with E-state index >= 15 is 0 Å². The van der Waals surface area contributed by atoms with Gasteiger partial charge in [-0.15, -0.1) is 0 Å². The number of unbranched alkanes of at least 4 members (excludes halogenated alkanes) is 3. The maximum Gasteiger partial charge on any atom is 0.261 e. The van der Waals surface area contributed by atoms with Gasteiger partial charge in [-0.05, 0) is 37.8 Å². The molecule has 0 bridgehead atoms. The zero-order valence-corrected chi connectivity index (χ0v) is 16.3. The lowest BCUT2D eigenvalue weighted by Gasteiger charge is -2.15. The molecule has 0 fully saturated rings. The molecule has 136 valence electrons. The first-order valence-corrected chi connectivity index (χ1v) is 9.96. The molecule has 2 aromatic rings. The van der Waals surface area contributed by atoms with E-state index in [0.29, 0.717) is 5.56 Å². The van der Waals surface area contributed by atoms with Crippen LogP contribution in [0.25, 0.3) is 5.69 Å². The quantitative estimate of drug-likeness (QED) is 0.358. The molecule has 4 nitrogen and oxygen atoms in total. The van der Waals surface area contributed by atoms with Crippen molar-refractivity contribution in [1.82, 2.24) is 9.55 Å². The van der Waals surface area contributed by atoms with Crippen LogP contribution in [0.15, 0.2) is 40.4 Å². The van der Waals surface area contributed by atoms with Crippen LogP contribution in [0.2, 0.25) is 0 Å². The second-order valence-corrected chi connectivity index (χ2v) is 7.16. The summed E-state index contributed by atoms with van der Waals surface area (Å²) in [6.45, 7) is 4.77. The number of rotatable bonds is 10. The minimum Gasteiger partial charge on any atom is -0.385 e. The molecule has 0 N–H and O–H groups in total. The Kier molecular flexibility index (Phi) is 8.22. The molecule has 0 unspecified atom stereocenters. The molecule has 0 atom stereocenters. The highest BCUT2D eigenvalue weighted by molar-refractivity contribution is 7.99. The van der Waals surface area contributed by atoms with E-state index < -0.39 is 0 Å². The zero-order chi connectivity index (χ0) is 18.1. The third-order valence-electron chi connectivity index (χ3n) is 4.19. The van der Waals surface area contributed by atoms with Crippen molar-refractivity contribution in [3.8, 4) is 5.69 Å². The van der Waals surface area contributed by atoms with Crippen molar-refractivity contribution in [3.63, 3.8) is 0 Å². The SMILES string of the molecule is CCc1ccccc1-n1c(SCCCCCCOC)ncc(C)c1=O. The van der Waals surface area contributed by atoms with Gasteiger partial charge in [0.05, 0.1) is 5.69 Å². The fraction of sp³-hybridized carbons (Fsp3) is 0.500. The predicted octanol–water partition coefficient (Wildman–Crippen LogP) is 4.40. The van der Waals surface area contributed by atoms with Gasteiger partial charge < -0.3 is 4.74 Å². The van der Waals surface area contributed by atoms with E-state index in [9.17, 15) is 4.79 Å². The molecule has 0 saturated carbocycles. The molecule has 0 aliphatic rings. The van der Waals surface area contributed by atoms with E-state index in [4.69, 9.17) is 4.74 Å². The number of aryl methyl sites for hydroxylation is 2. The molecule has 1 aromatic heterocycles. The summed E-state index contributed by atoms with van der Waals surface area (Å²) in [5, 5.41) is 0.786. The van der Waals surface area contributed by atoms with Gasteiger partial charge in [0.2, 0.25) is 0 Å². The summed E-state index contributed by atoms with van der Waals surface area (Å²) in [5.74, 6) is 0.969. The number of hydrogen-bond donors (Lipinski definition) is 0. The van der Waals surface area contributed by atoms with Crippen LogP contribution in [-0.4, -0.2) is 29.0 Å². The number of methoxy groups -OCH3 is 1. The first kappa shape index (κ1) is 19.7. The highest BCUT2D eigenvalue weighted by Crippen LogP contribution is 2.22. The van der Waals surface area contributed by atoms with Crippen molar-refractivity contribution in [2.24, 2.45) is 0 Å². The summed E-state index contributed by atoms with van der Waals surface area (Å²) in [4.78, 5) is 17.3. The topological polar surface area (TPSA) is 44.1 Å². The Balaban J connectivity index is 2.14. The number of hydrogen-bond acceptors (Lipinski definition) is 4. The molecule has 1 aromatic carbocycles. The Morgan fingerprint density at radius 1 is 1.16 bits per heavy atom. The smallest absolute Gasteiger partial charge is 0.261 e. The lowest BCUT2D eigenvalue weighted by Crippen LogP contribution is -2.24. The number of aromatic nitrogens is 2. The minimum atomic E-state index is 0.0264. The van der Waals surface area contributed by atoms with Crippen molar-refractivity contribution in [3.05, 3.63) is 51.9 Å². The minimum absolute atomic E-state index is 0.0264. The van der Waals surface area contributed by atoms with Gasteiger partial charge in [0.25, 0.3) is 5.56 Å². The monoisotopic (exact) mass is 360 g/mol. The largest absolute Gasteiger partial charge is 0.385 e. The average molecular weight is 361 g/mol. The van der Waals surface area contributed by atoms with Gasteiger partial charge in [-0.25, -0.2) is 4.98 Å². The highest BCUT2D eigenvalue weighted by Gasteiger charge is 2.13. The van der Waals surface area contributed by atoms with Crippen LogP contribution >= 0.6 is 11.8 Å². The summed E-state index contributed by atoms with van der Waals surface area (Å²) < 4.78 is 6.86. The number of nitrogens with zero attached hydrogens (tertiary/aromatic N) is 2. The molecule has 1 heterocycles. The van der Waals surface area contributed by atoms with E-state index in [0.717, 1.165) is 42.5 Å². The van der Waals surface area contributed by atoms with E-state index in [-0.39, 0.29) is 5.56 Å². The number of ether oxygens (including phenoxy) is 1. The van der Waals surface area contributed by atoms with Gasteiger partial charge in [0.1, 0.15) is 0 Å². The normalized spacial score (nSPS) is 11.0. The Morgan fingerprint density at radius 2 is 1.92 bits per heavy atom. The average Bonchev–Trinajstić information content (AvgIpc) is 2.64. The van der Waals surface area contributed by atoms with Crippen LogP contribution in [-0.2, 0) is 11.2 Å². The first-order valence-electron chi connectivity index (χ1n) is 8.97. The summed E-state index contributed by atoms with van der Waals surface area (Å²) in [7, 11) is 1.74. The molecular weight excluding hydrogens is 332 g/mol. The zero-order valence-electron chi connectivity index (χ0n) is 15.5. The van der Waals surface area contributed by atoms with Gasteiger partial charge in [-0.2, -0.15) is 0 Å². The Morgan fingerprint density at radius 3 is 2.68 bits per heavy atom. The molecule has 0 aliphatic carbocycles. The van der Waals surface area contributed by atoms with Crippen LogP contribution in [0, 0.1) is 6.92 Å². The van der Waals surface area contributed by atoms with Gasteiger partial charge in [-0.1, -0.05) is 49.7 Å². The fourth-order valence-corrected chi connectivity index (χ4v) is 3.70. The molecule has 5 heteroatoms. The van der Waals surface area contributed by atoms with Gasteiger partial charge in [0, 0.05) is 31.2 Å². The van der Waals surface area contributed by atoms with E-state index in [1.807, 2.05) is 25.1 Å². The first-order chi connectivity index (χ1) is 12.2. The van der Waals surface area contributed by atoms with Crippen molar-refractivity contribution >= 4 is 11.8 Å². The molecule has 2 rings (SSSR count).